The molecule has 0 radical (unpaired) electrons. The van der Waals surface area contributed by atoms with Crippen LogP contribution in [0.1, 0.15) is 4.88 Å². The van der Waals surface area contributed by atoms with Gasteiger partial charge in [0.15, 0.2) is 6.20 Å². The van der Waals surface area contributed by atoms with Crippen molar-refractivity contribution in [1.82, 2.24) is 0 Å². The van der Waals surface area contributed by atoms with E-state index in [1.165, 1.54) is 22.7 Å². The molecule has 2 heterocycles. The van der Waals surface area contributed by atoms with Gasteiger partial charge in [-0.05, 0) is 12.1 Å². The van der Waals surface area contributed by atoms with Crippen LogP contribution in [0.15, 0.2) is 53.7 Å². The lowest BCUT2D eigenvalue weighted by atomic mass is 10.2. The first-order chi connectivity index (χ1) is 9.25. The normalized spacial score (nSPS) is 11.0. The molecule has 3 aromatic rings. The van der Waals surface area contributed by atoms with E-state index in [4.69, 9.17) is 11.6 Å². The molecule has 2 nitrogen and oxygen atoms in total. The second-order valence-electron chi connectivity index (χ2n) is 3.99. The fourth-order valence-electron chi connectivity index (χ4n) is 1.82. The molecule has 0 aliphatic carbocycles. The van der Waals surface area contributed by atoms with Crippen LogP contribution in [0.2, 0.25) is 5.02 Å². The van der Waals surface area contributed by atoms with Crippen molar-refractivity contribution in [1.29, 1.82) is 0 Å². The van der Waals surface area contributed by atoms with E-state index in [1.54, 1.807) is 17.4 Å². The smallest absolute Gasteiger partial charge is 0.251 e. The van der Waals surface area contributed by atoms with Crippen LogP contribution in [-0.4, -0.2) is 0 Å². The maximum Gasteiger partial charge on any atom is 0.251 e. The number of benzene rings is 1. The Balaban J connectivity index is 1.86. The van der Waals surface area contributed by atoms with Crippen LogP contribution in [0.5, 0.6) is 0 Å². The van der Waals surface area contributed by atoms with E-state index in [0.29, 0.717) is 10.8 Å². The number of thiophene rings is 1. The van der Waals surface area contributed by atoms with Crippen LogP contribution in [0.4, 0.5) is 0 Å². The Morgan fingerprint density at radius 3 is 2.74 bits per heavy atom. The summed E-state index contributed by atoms with van der Waals surface area (Å²) in [5, 5.41) is 14.2. The summed E-state index contributed by atoms with van der Waals surface area (Å²) in [4.78, 5) is 1.11. The topological polar surface area (TPSA) is 26.9 Å². The number of pyridine rings is 1. The van der Waals surface area contributed by atoms with Crippen molar-refractivity contribution in [3.05, 3.63) is 63.8 Å². The minimum absolute atomic E-state index is 0.691. The average molecular weight is 308 g/mol. The zero-order chi connectivity index (χ0) is 13.2. The monoisotopic (exact) mass is 307 g/mol. The fraction of sp³-hybridized carbons (Fsp3) is 0.0714. The lowest BCUT2D eigenvalue weighted by Gasteiger charge is -2.02. The summed E-state index contributed by atoms with van der Waals surface area (Å²) in [7, 11) is 0. The van der Waals surface area contributed by atoms with Gasteiger partial charge in [-0.3, -0.25) is 0 Å². The van der Waals surface area contributed by atoms with E-state index in [9.17, 15) is 5.21 Å². The zero-order valence-electron chi connectivity index (χ0n) is 9.88. The molecule has 96 valence electrons. The van der Waals surface area contributed by atoms with Crippen molar-refractivity contribution < 1.29 is 4.73 Å². The Bertz CT molecular complexity index is 726. The van der Waals surface area contributed by atoms with Crippen molar-refractivity contribution >= 4 is 44.8 Å². The second-order valence-corrected chi connectivity index (χ2v) is 6.50. The Labute approximate surface area is 124 Å². The molecular formula is C14H10ClNOS2. The van der Waals surface area contributed by atoms with Crippen LogP contribution in [0, 0.1) is 5.21 Å². The number of hydrogen-bond acceptors (Lipinski definition) is 3. The fourth-order valence-corrected chi connectivity index (χ4v) is 4.39. The number of thioether (sulfide) groups is 1. The summed E-state index contributed by atoms with van der Waals surface area (Å²) < 4.78 is 2.07. The summed E-state index contributed by atoms with van der Waals surface area (Å²) in [6.45, 7) is 0. The first-order valence-electron chi connectivity index (χ1n) is 5.72. The summed E-state index contributed by atoms with van der Waals surface area (Å²) in [5.74, 6) is 0.713. The molecule has 1 aromatic carbocycles. The molecular weight excluding hydrogens is 298 g/mol. The number of fused-ring (bicyclic) bond motifs is 1. The first kappa shape index (κ1) is 12.8. The van der Waals surface area contributed by atoms with Crippen LogP contribution < -0.4 is 4.73 Å². The molecule has 5 heteroatoms. The summed E-state index contributed by atoms with van der Waals surface area (Å²) in [6, 6.07) is 13.5. The Morgan fingerprint density at radius 2 is 1.95 bits per heavy atom. The van der Waals surface area contributed by atoms with E-state index in [2.05, 4.69) is 6.07 Å². The van der Waals surface area contributed by atoms with Crippen LogP contribution in [0.3, 0.4) is 0 Å². The predicted octanol–water partition coefficient (Wildman–Crippen LogP) is 4.48. The van der Waals surface area contributed by atoms with Gasteiger partial charge in [0.1, 0.15) is 0 Å². The molecule has 0 saturated heterocycles. The van der Waals surface area contributed by atoms with Crippen LogP contribution >= 0.6 is 34.7 Å². The third-order valence-electron chi connectivity index (χ3n) is 2.74. The lowest BCUT2D eigenvalue weighted by molar-refractivity contribution is -0.645. The van der Waals surface area contributed by atoms with Crippen molar-refractivity contribution in [3.8, 4) is 0 Å². The summed E-state index contributed by atoms with van der Waals surface area (Å²) >= 11 is 9.57. The van der Waals surface area contributed by atoms with Gasteiger partial charge in [-0.15, -0.1) is 11.3 Å². The highest BCUT2D eigenvalue weighted by Crippen LogP contribution is 2.38. The molecule has 3 rings (SSSR count). The molecule has 19 heavy (non-hydrogen) atoms. The quantitative estimate of drug-likeness (QED) is 0.405. The highest BCUT2D eigenvalue weighted by molar-refractivity contribution is 7.98. The maximum absolute atomic E-state index is 11.6. The van der Waals surface area contributed by atoms with Crippen molar-refractivity contribution in [2.24, 2.45) is 0 Å². The predicted molar refractivity (Wildman–Crippen MR) is 81.8 cm³/mol. The molecule has 0 atom stereocenters. The minimum Gasteiger partial charge on any atom is -0.618 e. The highest BCUT2D eigenvalue weighted by Gasteiger charge is 2.12. The third-order valence-corrected chi connectivity index (χ3v) is 5.68. The van der Waals surface area contributed by atoms with Gasteiger partial charge in [-0.25, -0.2) is 0 Å². The number of halogens is 1. The van der Waals surface area contributed by atoms with Gasteiger partial charge < -0.3 is 5.21 Å². The van der Waals surface area contributed by atoms with E-state index in [1.807, 2.05) is 30.3 Å². The van der Waals surface area contributed by atoms with E-state index < -0.39 is 0 Å². The Hall–Kier alpha value is -1.23. The Kier molecular flexibility index (Phi) is 3.64. The SMILES string of the molecule is [O-][n+]1ccccc1SCc1sc2ccccc2c1Cl. The second kappa shape index (κ2) is 5.41. The van der Waals surface area contributed by atoms with E-state index in [-0.39, 0.29) is 0 Å². The maximum atomic E-state index is 11.6. The molecule has 0 unspecified atom stereocenters. The molecule has 0 bridgehead atoms. The molecule has 0 aliphatic rings. The van der Waals surface area contributed by atoms with Crippen molar-refractivity contribution in [3.63, 3.8) is 0 Å². The number of rotatable bonds is 3. The van der Waals surface area contributed by atoms with Gasteiger partial charge in [0.2, 0.25) is 0 Å². The lowest BCUT2D eigenvalue weighted by Crippen LogP contribution is -2.27. The van der Waals surface area contributed by atoms with Gasteiger partial charge in [0, 0.05) is 32.8 Å². The van der Waals surface area contributed by atoms with Gasteiger partial charge in [0.05, 0.1) is 5.02 Å². The molecule has 2 aromatic heterocycles. The van der Waals surface area contributed by atoms with Crippen molar-refractivity contribution in [2.75, 3.05) is 0 Å². The molecule has 0 saturated carbocycles. The van der Waals surface area contributed by atoms with Crippen LogP contribution in [-0.2, 0) is 5.75 Å². The third kappa shape index (κ3) is 2.56. The van der Waals surface area contributed by atoms with E-state index in [0.717, 1.165) is 20.0 Å². The molecule has 0 spiro atoms. The Morgan fingerprint density at radius 1 is 1.16 bits per heavy atom. The number of hydrogen-bond donors (Lipinski definition) is 0. The van der Waals surface area contributed by atoms with Gasteiger partial charge >= 0.3 is 0 Å². The van der Waals surface area contributed by atoms with Crippen LogP contribution in [0.25, 0.3) is 10.1 Å². The molecule has 0 fully saturated rings. The van der Waals surface area contributed by atoms with Gasteiger partial charge in [-0.2, -0.15) is 4.73 Å². The van der Waals surface area contributed by atoms with Gasteiger partial charge in [0.25, 0.3) is 5.03 Å². The standard InChI is InChI=1S/C14H10ClNOS2/c15-14-10-5-1-2-6-11(10)19-12(14)9-18-13-7-3-4-8-16(13)17/h1-8H,9H2. The molecule has 0 aliphatic heterocycles. The van der Waals surface area contributed by atoms with Gasteiger partial charge in [-0.1, -0.05) is 41.6 Å². The minimum atomic E-state index is 0.691. The summed E-state index contributed by atoms with van der Waals surface area (Å²) in [5.41, 5.74) is 0. The van der Waals surface area contributed by atoms with Crippen molar-refractivity contribution in [2.45, 2.75) is 10.8 Å². The number of aromatic nitrogens is 1. The largest absolute Gasteiger partial charge is 0.618 e. The highest BCUT2D eigenvalue weighted by atomic mass is 35.5. The zero-order valence-corrected chi connectivity index (χ0v) is 12.3. The first-order valence-corrected chi connectivity index (χ1v) is 7.90. The average Bonchev–Trinajstić information content (AvgIpc) is 2.75. The molecule has 0 N–H and O–H groups in total. The summed E-state index contributed by atoms with van der Waals surface area (Å²) in [6.07, 6.45) is 1.51. The number of nitrogens with zero attached hydrogens (tertiary/aromatic N) is 1. The molecule has 0 amide bonds. The van der Waals surface area contributed by atoms with E-state index >= 15 is 0 Å².